The fraction of sp³-hybridized carbons (Fsp3) is 0.333. The Hall–Kier alpha value is -1.94. The van der Waals surface area contributed by atoms with Crippen molar-refractivity contribution < 1.29 is 4.74 Å². The monoisotopic (exact) mass is 257 g/mol. The standard InChI is InChI=1S/C15H19N3O/c1-11(18(2)3)12-6-5-7-13(10-12)14-8-9-15(19-4)17-16-14/h5-11H,1-4H3/t11-/m0/s1. The lowest BCUT2D eigenvalue weighted by Crippen LogP contribution is -2.16. The molecule has 0 saturated carbocycles. The summed E-state index contributed by atoms with van der Waals surface area (Å²) in [6, 6.07) is 12.5. The first kappa shape index (κ1) is 13.5. The first-order valence-corrected chi connectivity index (χ1v) is 6.26. The molecule has 19 heavy (non-hydrogen) atoms. The van der Waals surface area contributed by atoms with Crippen LogP contribution in [0.15, 0.2) is 36.4 Å². The zero-order valence-corrected chi connectivity index (χ0v) is 11.8. The summed E-state index contributed by atoms with van der Waals surface area (Å²) in [5, 5.41) is 8.18. The maximum Gasteiger partial charge on any atom is 0.233 e. The first-order valence-electron chi connectivity index (χ1n) is 6.26. The number of rotatable bonds is 4. The van der Waals surface area contributed by atoms with Crippen LogP contribution in [0.4, 0.5) is 0 Å². The van der Waals surface area contributed by atoms with Gasteiger partial charge in [0.05, 0.1) is 12.8 Å². The molecule has 0 unspecified atom stereocenters. The van der Waals surface area contributed by atoms with Crippen molar-refractivity contribution in [3.8, 4) is 17.1 Å². The van der Waals surface area contributed by atoms with Gasteiger partial charge in [0, 0.05) is 17.7 Å². The Balaban J connectivity index is 2.31. The summed E-state index contributed by atoms with van der Waals surface area (Å²) in [5.41, 5.74) is 3.19. The minimum Gasteiger partial charge on any atom is -0.480 e. The van der Waals surface area contributed by atoms with Crippen molar-refractivity contribution in [2.45, 2.75) is 13.0 Å². The van der Waals surface area contributed by atoms with Crippen LogP contribution in [0, 0.1) is 0 Å². The molecule has 0 fully saturated rings. The van der Waals surface area contributed by atoms with Crippen molar-refractivity contribution in [3.05, 3.63) is 42.0 Å². The number of nitrogens with zero attached hydrogens (tertiary/aromatic N) is 3. The van der Waals surface area contributed by atoms with Gasteiger partial charge in [-0.2, -0.15) is 0 Å². The lowest BCUT2D eigenvalue weighted by atomic mass is 10.0. The summed E-state index contributed by atoms with van der Waals surface area (Å²) in [6.07, 6.45) is 0. The molecule has 0 radical (unpaired) electrons. The second-order valence-electron chi connectivity index (χ2n) is 4.73. The smallest absolute Gasteiger partial charge is 0.233 e. The number of ether oxygens (including phenoxy) is 1. The van der Waals surface area contributed by atoms with Gasteiger partial charge in [-0.05, 0) is 38.7 Å². The number of methoxy groups -OCH3 is 1. The van der Waals surface area contributed by atoms with E-state index >= 15 is 0 Å². The predicted octanol–water partition coefficient (Wildman–Crippen LogP) is 2.77. The van der Waals surface area contributed by atoms with Crippen molar-refractivity contribution in [3.63, 3.8) is 0 Å². The summed E-state index contributed by atoms with van der Waals surface area (Å²) < 4.78 is 5.02. The van der Waals surface area contributed by atoms with E-state index in [0.717, 1.165) is 11.3 Å². The SMILES string of the molecule is COc1ccc(-c2cccc([C@H](C)N(C)C)c2)nn1. The number of hydrogen-bond acceptors (Lipinski definition) is 4. The van der Waals surface area contributed by atoms with Crippen LogP contribution in [0.1, 0.15) is 18.5 Å². The average molecular weight is 257 g/mol. The zero-order chi connectivity index (χ0) is 13.8. The van der Waals surface area contributed by atoms with Gasteiger partial charge in [0.25, 0.3) is 0 Å². The van der Waals surface area contributed by atoms with Gasteiger partial charge < -0.3 is 9.64 Å². The van der Waals surface area contributed by atoms with Crippen LogP contribution in [-0.4, -0.2) is 36.3 Å². The zero-order valence-electron chi connectivity index (χ0n) is 11.8. The average Bonchev–Trinajstić information content (AvgIpc) is 2.46. The van der Waals surface area contributed by atoms with Crippen molar-refractivity contribution in [1.29, 1.82) is 0 Å². The topological polar surface area (TPSA) is 38.2 Å². The fourth-order valence-electron chi connectivity index (χ4n) is 1.84. The van der Waals surface area contributed by atoms with Crippen LogP contribution < -0.4 is 4.74 Å². The highest BCUT2D eigenvalue weighted by molar-refractivity contribution is 5.59. The molecule has 0 amide bonds. The van der Waals surface area contributed by atoms with Crippen molar-refractivity contribution in [2.75, 3.05) is 21.2 Å². The van der Waals surface area contributed by atoms with Crippen molar-refractivity contribution in [1.82, 2.24) is 15.1 Å². The molecule has 0 saturated heterocycles. The molecule has 1 aromatic heterocycles. The number of benzene rings is 1. The van der Waals surface area contributed by atoms with Gasteiger partial charge in [-0.1, -0.05) is 18.2 Å². The molecule has 2 aromatic rings. The fourth-order valence-corrected chi connectivity index (χ4v) is 1.84. The summed E-state index contributed by atoms with van der Waals surface area (Å²) in [7, 11) is 5.73. The predicted molar refractivity (Wildman–Crippen MR) is 76.1 cm³/mol. The molecule has 0 N–H and O–H groups in total. The molecule has 0 aliphatic rings. The third-order valence-corrected chi connectivity index (χ3v) is 3.29. The third kappa shape index (κ3) is 3.09. The van der Waals surface area contributed by atoms with Crippen LogP contribution in [-0.2, 0) is 0 Å². The summed E-state index contributed by atoms with van der Waals surface area (Å²) >= 11 is 0. The minimum atomic E-state index is 0.367. The Morgan fingerprint density at radius 2 is 1.89 bits per heavy atom. The summed E-state index contributed by atoms with van der Waals surface area (Å²) in [6.45, 7) is 2.18. The Morgan fingerprint density at radius 1 is 1.11 bits per heavy atom. The van der Waals surface area contributed by atoms with E-state index in [4.69, 9.17) is 4.74 Å². The van der Waals surface area contributed by atoms with Gasteiger partial charge >= 0.3 is 0 Å². The molecule has 2 rings (SSSR count). The van der Waals surface area contributed by atoms with Crippen LogP contribution in [0.3, 0.4) is 0 Å². The molecule has 0 aliphatic carbocycles. The second kappa shape index (κ2) is 5.80. The highest BCUT2D eigenvalue weighted by atomic mass is 16.5. The van der Waals surface area contributed by atoms with E-state index in [9.17, 15) is 0 Å². The summed E-state index contributed by atoms with van der Waals surface area (Å²) in [4.78, 5) is 2.18. The van der Waals surface area contributed by atoms with Crippen molar-refractivity contribution in [2.24, 2.45) is 0 Å². The molecule has 1 heterocycles. The minimum absolute atomic E-state index is 0.367. The highest BCUT2D eigenvalue weighted by Crippen LogP contribution is 2.24. The maximum atomic E-state index is 5.02. The molecular formula is C15H19N3O. The van der Waals surface area contributed by atoms with Crippen molar-refractivity contribution >= 4 is 0 Å². The molecule has 1 aromatic carbocycles. The van der Waals surface area contributed by atoms with E-state index in [0.29, 0.717) is 11.9 Å². The van der Waals surface area contributed by atoms with E-state index < -0.39 is 0 Å². The normalized spacial score (nSPS) is 12.5. The Kier molecular flexibility index (Phi) is 4.12. The first-order chi connectivity index (χ1) is 9.11. The molecule has 0 bridgehead atoms. The van der Waals surface area contributed by atoms with Gasteiger partial charge in [0.2, 0.25) is 5.88 Å². The van der Waals surface area contributed by atoms with Crippen LogP contribution >= 0.6 is 0 Å². The Labute approximate surface area is 114 Å². The molecule has 4 nitrogen and oxygen atoms in total. The van der Waals surface area contributed by atoms with Crippen LogP contribution in [0.2, 0.25) is 0 Å². The molecule has 100 valence electrons. The largest absolute Gasteiger partial charge is 0.480 e. The van der Waals surface area contributed by atoms with Gasteiger partial charge in [-0.15, -0.1) is 10.2 Å². The van der Waals surface area contributed by atoms with E-state index in [1.54, 1.807) is 7.11 Å². The highest BCUT2D eigenvalue weighted by Gasteiger charge is 2.09. The second-order valence-corrected chi connectivity index (χ2v) is 4.73. The molecule has 0 spiro atoms. The van der Waals surface area contributed by atoms with E-state index in [1.807, 2.05) is 18.2 Å². The van der Waals surface area contributed by atoms with Gasteiger partial charge in [0.1, 0.15) is 0 Å². The van der Waals surface area contributed by atoms with Gasteiger partial charge in [0.15, 0.2) is 0 Å². The van der Waals surface area contributed by atoms with Crippen LogP contribution in [0.25, 0.3) is 11.3 Å². The van der Waals surface area contributed by atoms with Gasteiger partial charge in [-0.25, -0.2) is 0 Å². The lowest BCUT2D eigenvalue weighted by Gasteiger charge is -2.20. The Morgan fingerprint density at radius 3 is 2.47 bits per heavy atom. The van der Waals surface area contributed by atoms with E-state index in [-0.39, 0.29) is 0 Å². The molecule has 0 aliphatic heterocycles. The third-order valence-electron chi connectivity index (χ3n) is 3.29. The quantitative estimate of drug-likeness (QED) is 0.844. The summed E-state index contributed by atoms with van der Waals surface area (Å²) in [5.74, 6) is 0.529. The Bertz CT molecular complexity index is 537. The van der Waals surface area contributed by atoms with Gasteiger partial charge in [-0.3, -0.25) is 0 Å². The molecule has 1 atom stereocenters. The lowest BCUT2D eigenvalue weighted by molar-refractivity contribution is 0.321. The maximum absolute atomic E-state index is 5.02. The van der Waals surface area contributed by atoms with E-state index in [1.165, 1.54) is 5.56 Å². The van der Waals surface area contributed by atoms with Crippen LogP contribution in [0.5, 0.6) is 5.88 Å². The molecule has 4 heteroatoms. The number of aromatic nitrogens is 2. The number of hydrogen-bond donors (Lipinski definition) is 0. The van der Waals surface area contributed by atoms with E-state index in [2.05, 4.69) is 54.3 Å². The molecular weight excluding hydrogens is 238 g/mol.